The molecule has 7 heteroatoms. The maximum absolute atomic E-state index is 6.32. The van der Waals surface area contributed by atoms with Gasteiger partial charge in [-0.2, -0.15) is 5.43 Å². The Kier molecular flexibility index (Phi) is 4.07. The van der Waals surface area contributed by atoms with Crippen molar-refractivity contribution in [1.29, 1.82) is 0 Å². The number of aliphatic imine (C=N–C) groups is 1. The van der Waals surface area contributed by atoms with Crippen LogP contribution < -0.4 is 27.2 Å². The van der Waals surface area contributed by atoms with Crippen molar-refractivity contribution >= 4 is 11.6 Å². The highest BCUT2D eigenvalue weighted by molar-refractivity contribution is 5.79. The average molecular weight is 370 g/mol. The first-order valence-electron chi connectivity index (χ1n) is 10.3. The van der Waals surface area contributed by atoms with Gasteiger partial charge in [0.1, 0.15) is 0 Å². The SMILES string of the molecule is Cc1cc(C2(N)N=C(N)NN2)ccc1N1CCN([C@H]2C[C@@H]3CC[C@H]2C3)CC1. The topological polar surface area (TPSA) is 94.9 Å². The number of nitrogens with one attached hydrogen (secondary N) is 2. The first-order chi connectivity index (χ1) is 13.0. The molecule has 0 radical (unpaired) electrons. The third-order valence-electron chi connectivity index (χ3n) is 7.14. The number of guanidine groups is 1. The fourth-order valence-corrected chi connectivity index (χ4v) is 5.74. The number of nitrogens with two attached hydrogens (primary N) is 2. The van der Waals surface area contributed by atoms with Gasteiger partial charge in [0, 0.05) is 43.5 Å². The number of piperazine rings is 1. The Morgan fingerprint density at radius 2 is 1.96 bits per heavy atom. The van der Waals surface area contributed by atoms with Gasteiger partial charge in [-0.05, 0) is 55.7 Å². The summed E-state index contributed by atoms with van der Waals surface area (Å²) in [5.41, 5.74) is 21.2. The van der Waals surface area contributed by atoms with E-state index >= 15 is 0 Å². The summed E-state index contributed by atoms with van der Waals surface area (Å²) in [4.78, 5) is 9.56. The molecule has 0 spiro atoms. The lowest BCUT2D eigenvalue weighted by atomic mass is 9.93. The molecule has 27 heavy (non-hydrogen) atoms. The Labute approximate surface area is 161 Å². The van der Waals surface area contributed by atoms with Crippen molar-refractivity contribution in [3.63, 3.8) is 0 Å². The van der Waals surface area contributed by atoms with Crippen molar-refractivity contribution < 1.29 is 0 Å². The lowest BCUT2D eigenvalue weighted by Crippen LogP contribution is -2.52. The summed E-state index contributed by atoms with van der Waals surface area (Å²) < 4.78 is 0. The molecule has 0 aromatic heterocycles. The number of hydrogen-bond donors (Lipinski definition) is 4. The van der Waals surface area contributed by atoms with Gasteiger partial charge < -0.3 is 10.6 Å². The summed E-state index contributed by atoms with van der Waals surface area (Å²) in [6, 6.07) is 7.21. The van der Waals surface area contributed by atoms with E-state index in [-0.39, 0.29) is 0 Å². The van der Waals surface area contributed by atoms with Gasteiger partial charge in [-0.3, -0.25) is 16.1 Å². The van der Waals surface area contributed by atoms with E-state index in [0.717, 1.165) is 36.5 Å². The Bertz CT molecular complexity index is 755. The molecule has 1 unspecified atom stereocenters. The second kappa shape index (κ2) is 6.36. The molecule has 0 amide bonds. The molecule has 3 fully saturated rings. The van der Waals surface area contributed by atoms with Crippen LogP contribution in [-0.2, 0) is 5.79 Å². The van der Waals surface area contributed by atoms with Crippen LogP contribution in [0.5, 0.6) is 0 Å². The molecule has 2 saturated carbocycles. The van der Waals surface area contributed by atoms with Crippen LogP contribution in [0.2, 0.25) is 0 Å². The highest BCUT2D eigenvalue weighted by atomic mass is 15.6. The number of rotatable bonds is 3. The van der Waals surface area contributed by atoms with Crippen LogP contribution in [0.3, 0.4) is 0 Å². The molecule has 2 aliphatic carbocycles. The molecular weight excluding hydrogens is 338 g/mol. The molecule has 2 aliphatic heterocycles. The van der Waals surface area contributed by atoms with Crippen LogP contribution in [0.1, 0.15) is 36.8 Å². The lowest BCUT2D eigenvalue weighted by molar-refractivity contribution is 0.135. The zero-order chi connectivity index (χ0) is 18.6. The maximum atomic E-state index is 6.32. The van der Waals surface area contributed by atoms with Gasteiger partial charge in [-0.15, -0.1) is 0 Å². The molecular formula is C20H31N7. The van der Waals surface area contributed by atoms with Crippen LogP contribution in [0, 0.1) is 18.8 Å². The van der Waals surface area contributed by atoms with Crippen molar-refractivity contribution in [3.05, 3.63) is 29.3 Å². The lowest BCUT2D eigenvalue weighted by Gasteiger charge is -2.42. The number of hydrazine groups is 1. The number of nitrogens with zero attached hydrogens (tertiary/aromatic N) is 3. The molecule has 146 valence electrons. The summed E-state index contributed by atoms with van der Waals surface area (Å²) in [6.45, 7) is 6.73. The zero-order valence-electron chi connectivity index (χ0n) is 16.1. The van der Waals surface area contributed by atoms with E-state index in [1.54, 1.807) is 0 Å². The van der Waals surface area contributed by atoms with E-state index in [2.05, 4.69) is 50.8 Å². The summed E-state index contributed by atoms with van der Waals surface area (Å²) in [5.74, 6) is 1.32. The third-order valence-corrected chi connectivity index (χ3v) is 7.14. The molecule has 2 bridgehead atoms. The predicted octanol–water partition coefficient (Wildman–Crippen LogP) is 0.797. The van der Waals surface area contributed by atoms with Gasteiger partial charge in [0.25, 0.3) is 0 Å². The molecule has 1 aromatic rings. The summed E-state index contributed by atoms with van der Waals surface area (Å²) in [5, 5.41) is 0. The summed E-state index contributed by atoms with van der Waals surface area (Å²) >= 11 is 0. The van der Waals surface area contributed by atoms with Crippen molar-refractivity contribution in [2.24, 2.45) is 28.3 Å². The second-order valence-electron chi connectivity index (χ2n) is 8.78. The highest BCUT2D eigenvalue weighted by Gasteiger charge is 2.42. The Balaban J connectivity index is 1.26. The largest absolute Gasteiger partial charge is 0.369 e. The predicted molar refractivity (Wildman–Crippen MR) is 108 cm³/mol. The van der Waals surface area contributed by atoms with Crippen LogP contribution in [0.4, 0.5) is 5.69 Å². The summed E-state index contributed by atoms with van der Waals surface area (Å²) in [6.07, 6.45) is 5.88. The van der Waals surface area contributed by atoms with Crippen molar-refractivity contribution in [3.8, 4) is 0 Å². The van der Waals surface area contributed by atoms with Gasteiger partial charge in [-0.1, -0.05) is 12.5 Å². The van der Waals surface area contributed by atoms with E-state index in [4.69, 9.17) is 11.5 Å². The first kappa shape index (κ1) is 17.3. The van der Waals surface area contributed by atoms with Crippen LogP contribution >= 0.6 is 0 Å². The van der Waals surface area contributed by atoms with Crippen LogP contribution in [-0.4, -0.2) is 43.1 Å². The van der Waals surface area contributed by atoms with Gasteiger partial charge in [0.05, 0.1) is 0 Å². The molecule has 5 rings (SSSR count). The first-order valence-corrected chi connectivity index (χ1v) is 10.3. The minimum Gasteiger partial charge on any atom is -0.369 e. The maximum Gasteiger partial charge on any atom is 0.209 e. The zero-order valence-corrected chi connectivity index (χ0v) is 16.1. The molecule has 7 nitrogen and oxygen atoms in total. The number of anilines is 1. The highest BCUT2D eigenvalue weighted by Crippen LogP contribution is 2.46. The minimum absolute atomic E-state index is 0.316. The second-order valence-corrected chi connectivity index (χ2v) is 8.78. The number of fused-ring (bicyclic) bond motifs is 2. The Hall–Kier alpha value is -1.83. The van der Waals surface area contributed by atoms with Gasteiger partial charge in [0.2, 0.25) is 11.7 Å². The fraction of sp³-hybridized carbons (Fsp3) is 0.650. The normalized spacial score (nSPS) is 36.1. The van der Waals surface area contributed by atoms with Crippen molar-refractivity contribution in [2.45, 2.75) is 44.4 Å². The van der Waals surface area contributed by atoms with E-state index in [0.29, 0.717) is 5.96 Å². The van der Waals surface area contributed by atoms with Gasteiger partial charge in [-0.25, -0.2) is 4.99 Å². The van der Waals surface area contributed by atoms with Gasteiger partial charge >= 0.3 is 0 Å². The van der Waals surface area contributed by atoms with E-state index < -0.39 is 5.79 Å². The molecule has 6 N–H and O–H groups in total. The summed E-state index contributed by atoms with van der Waals surface area (Å²) in [7, 11) is 0. The third kappa shape index (κ3) is 2.98. The molecule has 1 aromatic carbocycles. The van der Waals surface area contributed by atoms with Crippen LogP contribution in [0.25, 0.3) is 0 Å². The quantitative estimate of drug-likeness (QED) is 0.630. The number of benzene rings is 1. The number of hydrogen-bond acceptors (Lipinski definition) is 7. The van der Waals surface area contributed by atoms with E-state index in [1.165, 1.54) is 50.0 Å². The van der Waals surface area contributed by atoms with E-state index in [9.17, 15) is 0 Å². The molecule has 1 saturated heterocycles. The smallest absolute Gasteiger partial charge is 0.209 e. The van der Waals surface area contributed by atoms with Crippen LogP contribution in [0.15, 0.2) is 23.2 Å². The van der Waals surface area contributed by atoms with E-state index in [1.807, 2.05) is 0 Å². The monoisotopic (exact) mass is 369 g/mol. The van der Waals surface area contributed by atoms with Gasteiger partial charge in [0.15, 0.2) is 0 Å². The molecule has 4 atom stereocenters. The van der Waals surface area contributed by atoms with Crippen molar-refractivity contribution in [1.82, 2.24) is 15.8 Å². The standard InChI is InChI=1S/C20H31N7/c1-13-10-16(20(22)23-19(21)24-25-20)4-5-17(13)26-6-8-27(9-7-26)18-12-14-2-3-15(18)11-14/h4-5,10,14-15,18,25H,2-3,6-9,11-12,22H2,1H3,(H3,21,23,24)/t14-,15+,18+,20?/m1/s1. The minimum atomic E-state index is -0.992. The average Bonchev–Trinajstić information content (AvgIpc) is 3.38. The Morgan fingerprint density at radius 3 is 2.56 bits per heavy atom. The fourth-order valence-electron chi connectivity index (χ4n) is 5.74. The Morgan fingerprint density at radius 1 is 1.15 bits per heavy atom. The molecule has 4 aliphatic rings. The van der Waals surface area contributed by atoms with Crippen molar-refractivity contribution in [2.75, 3.05) is 31.1 Å². The molecule has 2 heterocycles. The number of aryl methyl sites for hydroxylation is 1.